The van der Waals surface area contributed by atoms with Gasteiger partial charge in [0.25, 0.3) is 5.91 Å². The fourth-order valence-electron chi connectivity index (χ4n) is 1.48. The number of thioether (sulfide) groups is 1. The van der Waals surface area contributed by atoms with Crippen LogP contribution in [0.3, 0.4) is 0 Å². The molecule has 1 aromatic heterocycles. The normalized spacial score (nSPS) is 10.3. The van der Waals surface area contributed by atoms with Crippen molar-refractivity contribution in [2.75, 3.05) is 19.4 Å². The van der Waals surface area contributed by atoms with Crippen LogP contribution in [-0.2, 0) is 0 Å². The minimum atomic E-state index is -0.495. The fraction of sp³-hybridized carbons (Fsp3) is 0.250. The SMILES string of the molecule is COc1cc(C(=O)NCCSc2ncn[nH]2)ccc1F. The molecule has 106 valence electrons. The van der Waals surface area contributed by atoms with E-state index in [4.69, 9.17) is 4.74 Å². The van der Waals surface area contributed by atoms with Gasteiger partial charge in [0.1, 0.15) is 6.33 Å². The van der Waals surface area contributed by atoms with E-state index in [0.29, 0.717) is 23.0 Å². The van der Waals surface area contributed by atoms with Crippen molar-refractivity contribution in [2.45, 2.75) is 5.16 Å². The molecule has 0 fully saturated rings. The lowest BCUT2D eigenvalue weighted by atomic mass is 10.2. The zero-order valence-corrected chi connectivity index (χ0v) is 11.5. The molecule has 0 aliphatic rings. The average molecular weight is 296 g/mol. The number of hydrogen-bond donors (Lipinski definition) is 2. The van der Waals surface area contributed by atoms with Crippen LogP contribution in [0.5, 0.6) is 5.75 Å². The molecule has 0 radical (unpaired) electrons. The van der Waals surface area contributed by atoms with E-state index in [1.54, 1.807) is 0 Å². The lowest BCUT2D eigenvalue weighted by Gasteiger charge is -2.06. The number of carbonyl (C=O) groups excluding carboxylic acids is 1. The predicted octanol–water partition coefficient (Wildman–Crippen LogP) is 1.47. The van der Waals surface area contributed by atoms with Crippen LogP contribution in [0.1, 0.15) is 10.4 Å². The topological polar surface area (TPSA) is 79.9 Å². The molecular formula is C12H13FN4O2S. The summed E-state index contributed by atoms with van der Waals surface area (Å²) in [6.45, 7) is 0.462. The Morgan fingerprint density at radius 1 is 1.55 bits per heavy atom. The van der Waals surface area contributed by atoms with Crippen molar-refractivity contribution in [3.05, 3.63) is 35.9 Å². The minimum Gasteiger partial charge on any atom is -0.494 e. The lowest BCUT2D eigenvalue weighted by Crippen LogP contribution is -2.25. The summed E-state index contributed by atoms with van der Waals surface area (Å²) in [7, 11) is 1.36. The highest BCUT2D eigenvalue weighted by Gasteiger charge is 2.09. The van der Waals surface area contributed by atoms with Crippen LogP contribution in [0, 0.1) is 5.82 Å². The summed E-state index contributed by atoms with van der Waals surface area (Å²) >= 11 is 1.45. The van der Waals surface area contributed by atoms with Gasteiger partial charge in [-0.25, -0.2) is 9.37 Å². The average Bonchev–Trinajstić information content (AvgIpc) is 2.97. The van der Waals surface area contributed by atoms with E-state index >= 15 is 0 Å². The molecule has 1 heterocycles. The fourth-order valence-corrected chi connectivity index (χ4v) is 2.12. The highest BCUT2D eigenvalue weighted by Crippen LogP contribution is 2.18. The molecule has 20 heavy (non-hydrogen) atoms. The van der Waals surface area contributed by atoms with Gasteiger partial charge >= 0.3 is 0 Å². The number of halogens is 1. The molecule has 1 amide bonds. The van der Waals surface area contributed by atoms with Crippen LogP contribution in [-0.4, -0.2) is 40.5 Å². The Labute approximate surface area is 119 Å². The zero-order valence-electron chi connectivity index (χ0n) is 10.7. The second kappa shape index (κ2) is 6.90. The van der Waals surface area contributed by atoms with E-state index in [1.165, 1.54) is 43.4 Å². The van der Waals surface area contributed by atoms with Gasteiger partial charge in [0.2, 0.25) is 0 Å². The summed E-state index contributed by atoms with van der Waals surface area (Å²) in [4.78, 5) is 15.8. The maximum absolute atomic E-state index is 13.2. The van der Waals surface area contributed by atoms with Crippen molar-refractivity contribution in [3.8, 4) is 5.75 Å². The van der Waals surface area contributed by atoms with Crippen molar-refractivity contribution in [3.63, 3.8) is 0 Å². The Hall–Kier alpha value is -2.09. The molecule has 0 saturated carbocycles. The maximum Gasteiger partial charge on any atom is 0.251 e. The number of nitrogens with zero attached hydrogens (tertiary/aromatic N) is 2. The van der Waals surface area contributed by atoms with Crippen LogP contribution < -0.4 is 10.1 Å². The Kier molecular flexibility index (Phi) is 4.94. The molecule has 0 aliphatic heterocycles. The number of H-pyrrole nitrogens is 1. The number of nitrogens with one attached hydrogen (secondary N) is 2. The van der Waals surface area contributed by atoms with Gasteiger partial charge in [-0.3, -0.25) is 9.89 Å². The molecule has 0 spiro atoms. The van der Waals surface area contributed by atoms with Gasteiger partial charge in [-0.15, -0.1) is 0 Å². The summed E-state index contributed by atoms with van der Waals surface area (Å²) in [5, 5.41) is 9.86. The molecule has 0 bridgehead atoms. The Morgan fingerprint density at radius 2 is 2.40 bits per heavy atom. The number of amides is 1. The first-order chi connectivity index (χ1) is 9.70. The third-order valence-electron chi connectivity index (χ3n) is 2.43. The lowest BCUT2D eigenvalue weighted by molar-refractivity contribution is 0.0955. The van der Waals surface area contributed by atoms with Crippen molar-refractivity contribution in [2.24, 2.45) is 0 Å². The van der Waals surface area contributed by atoms with E-state index in [-0.39, 0.29) is 11.7 Å². The molecule has 6 nitrogen and oxygen atoms in total. The molecule has 0 saturated heterocycles. The summed E-state index contributed by atoms with van der Waals surface area (Å²) < 4.78 is 18.1. The highest BCUT2D eigenvalue weighted by atomic mass is 32.2. The predicted molar refractivity (Wildman–Crippen MR) is 72.4 cm³/mol. The summed E-state index contributed by atoms with van der Waals surface area (Å²) in [5.41, 5.74) is 0.355. The molecule has 0 unspecified atom stereocenters. The number of aromatic nitrogens is 3. The number of rotatable bonds is 6. The van der Waals surface area contributed by atoms with Crippen molar-refractivity contribution < 1.29 is 13.9 Å². The second-order valence-corrected chi connectivity index (χ2v) is 4.83. The van der Waals surface area contributed by atoms with Crippen LogP contribution >= 0.6 is 11.8 Å². The number of carbonyl (C=O) groups is 1. The van der Waals surface area contributed by atoms with Gasteiger partial charge in [0, 0.05) is 17.9 Å². The quantitative estimate of drug-likeness (QED) is 0.623. The van der Waals surface area contributed by atoms with E-state index in [1.807, 2.05) is 0 Å². The van der Waals surface area contributed by atoms with Gasteiger partial charge in [-0.1, -0.05) is 11.8 Å². The number of hydrogen-bond acceptors (Lipinski definition) is 5. The number of aromatic amines is 1. The smallest absolute Gasteiger partial charge is 0.251 e. The summed E-state index contributed by atoms with van der Waals surface area (Å²) in [6.07, 6.45) is 1.42. The minimum absolute atomic E-state index is 0.0497. The van der Waals surface area contributed by atoms with Gasteiger partial charge in [-0.05, 0) is 18.2 Å². The molecule has 0 aliphatic carbocycles. The highest BCUT2D eigenvalue weighted by molar-refractivity contribution is 7.99. The van der Waals surface area contributed by atoms with E-state index in [0.717, 1.165) is 0 Å². The van der Waals surface area contributed by atoms with Gasteiger partial charge in [-0.2, -0.15) is 5.10 Å². The molecule has 2 N–H and O–H groups in total. The molecule has 2 aromatic rings. The van der Waals surface area contributed by atoms with Crippen LogP contribution in [0.25, 0.3) is 0 Å². The Bertz CT molecular complexity index is 577. The van der Waals surface area contributed by atoms with Gasteiger partial charge in [0.15, 0.2) is 16.7 Å². The molecule has 1 aromatic carbocycles. The zero-order chi connectivity index (χ0) is 14.4. The summed E-state index contributed by atoms with van der Waals surface area (Å²) in [5.74, 6) is -0.0701. The van der Waals surface area contributed by atoms with E-state index < -0.39 is 5.82 Å². The number of methoxy groups -OCH3 is 1. The Balaban J connectivity index is 1.82. The second-order valence-electron chi connectivity index (χ2n) is 3.74. The standard InChI is InChI=1S/C12H13FN4O2S/c1-19-10-6-8(2-3-9(10)13)11(18)14-4-5-20-12-15-7-16-17-12/h2-3,6-7H,4-5H2,1H3,(H,14,18)(H,15,16,17). The van der Waals surface area contributed by atoms with Crippen molar-refractivity contribution in [1.82, 2.24) is 20.5 Å². The first kappa shape index (κ1) is 14.3. The largest absolute Gasteiger partial charge is 0.494 e. The summed E-state index contributed by atoms with van der Waals surface area (Å²) in [6, 6.07) is 3.99. The third kappa shape index (κ3) is 3.70. The van der Waals surface area contributed by atoms with E-state index in [2.05, 4.69) is 20.5 Å². The third-order valence-corrected chi connectivity index (χ3v) is 3.31. The molecule has 2 rings (SSSR count). The number of benzene rings is 1. The van der Waals surface area contributed by atoms with Crippen molar-refractivity contribution >= 4 is 17.7 Å². The maximum atomic E-state index is 13.2. The van der Waals surface area contributed by atoms with Crippen LogP contribution in [0.4, 0.5) is 4.39 Å². The van der Waals surface area contributed by atoms with Crippen LogP contribution in [0.2, 0.25) is 0 Å². The van der Waals surface area contributed by atoms with Gasteiger partial charge in [0.05, 0.1) is 7.11 Å². The van der Waals surface area contributed by atoms with Gasteiger partial charge < -0.3 is 10.1 Å². The number of ether oxygens (including phenoxy) is 1. The first-order valence-corrected chi connectivity index (χ1v) is 6.79. The van der Waals surface area contributed by atoms with Crippen LogP contribution in [0.15, 0.2) is 29.7 Å². The molecule has 0 atom stereocenters. The van der Waals surface area contributed by atoms with E-state index in [9.17, 15) is 9.18 Å². The molecule has 8 heteroatoms. The monoisotopic (exact) mass is 296 g/mol. The molecular weight excluding hydrogens is 283 g/mol. The Morgan fingerprint density at radius 3 is 3.10 bits per heavy atom. The first-order valence-electron chi connectivity index (χ1n) is 5.80. The van der Waals surface area contributed by atoms with Crippen molar-refractivity contribution in [1.29, 1.82) is 0 Å².